The van der Waals surface area contributed by atoms with Crippen molar-refractivity contribution in [3.8, 4) is 0 Å². The van der Waals surface area contributed by atoms with E-state index in [1.165, 1.54) is 6.07 Å². The first-order valence-electron chi connectivity index (χ1n) is 5.41. The monoisotopic (exact) mass is 365 g/mol. The maximum Gasteiger partial charge on any atom is 0.257 e. The molecule has 1 amide bonds. The Balaban J connectivity index is 2.93. The van der Waals surface area contributed by atoms with Crippen molar-refractivity contribution in [3.63, 3.8) is 0 Å². The highest BCUT2D eigenvalue weighted by atomic mass is 79.9. The smallest absolute Gasteiger partial charge is 0.257 e. The lowest BCUT2D eigenvalue weighted by Crippen LogP contribution is -2.32. The molecule has 0 aliphatic carbocycles. The summed E-state index contributed by atoms with van der Waals surface area (Å²) in [7, 11) is 0. The second-order valence-electron chi connectivity index (χ2n) is 3.52. The third-order valence-corrected chi connectivity index (χ3v) is 3.63. The summed E-state index contributed by atoms with van der Waals surface area (Å²) in [4.78, 5) is 13.8. The Morgan fingerprint density at radius 1 is 1.47 bits per heavy atom. The van der Waals surface area contributed by atoms with E-state index < -0.39 is 5.82 Å². The third-order valence-electron chi connectivity index (χ3n) is 2.41. The summed E-state index contributed by atoms with van der Waals surface area (Å²) in [6.45, 7) is 3.09. The van der Waals surface area contributed by atoms with Crippen LogP contribution >= 0.6 is 31.9 Å². The molecule has 0 aliphatic heterocycles. The number of halogens is 3. The lowest BCUT2D eigenvalue weighted by molar-refractivity contribution is 0.0759. The van der Waals surface area contributed by atoms with Crippen LogP contribution in [0, 0.1) is 5.82 Å². The van der Waals surface area contributed by atoms with Gasteiger partial charge in [-0.3, -0.25) is 4.79 Å². The van der Waals surface area contributed by atoms with Crippen molar-refractivity contribution in [3.05, 3.63) is 34.1 Å². The van der Waals surface area contributed by atoms with E-state index in [2.05, 4.69) is 31.9 Å². The molecule has 0 aromatic heterocycles. The molecule has 0 bridgehead atoms. The van der Waals surface area contributed by atoms with Crippen molar-refractivity contribution in [1.82, 2.24) is 4.90 Å². The van der Waals surface area contributed by atoms with Crippen LogP contribution in [0.1, 0.15) is 23.7 Å². The molecule has 1 rings (SSSR count). The number of carbonyl (C=O) groups excluding carboxylic acids is 1. The van der Waals surface area contributed by atoms with Gasteiger partial charge in [-0.2, -0.15) is 0 Å². The van der Waals surface area contributed by atoms with E-state index in [0.29, 0.717) is 17.6 Å². The second-order valence-corrected chi connectivity index (χ2v) is 5.17. The van der Waals surface area contributed by atoms with Crippen molar-refractivity contribution in [2.75, 3.05) is 18.4 Å². The maximum atomic E-state index is 13.6. The summed E-state index contributed by atoms with van der Waals surface area (Å²) in [5.74, 6) is -0.750. The minimum absolute atomic E-state index is 0.115. The van der Waals surface area contributed by atoms with Gasteiger partial charge < -0.3 is 4.90 Å². The Kier molecular flexibility index (Phi) is 6.12. The predicted molar refractivity (Wildman–Crippen MR) is 74.1 cm³/mol. The summed E-state index contributed by atoms with van der Waals surface area (Å²) < 4.78 is 14.1. The molecule has 0 heterocycles. The number of benzene rings is 1. The Bertz CT molecular complexity index is 378. The number of rotatable bonds is 5. The van der Waals surface area contributed by atoms with Crippen LogP contribution in [0.25, 0.3) is 0 Å². The van der Waals surface area contributed by atoms with Gasteiger partial charge in [-0.05, 0) is 41.4 Å². The Morgan fingerprint density at radius 3 is 2.71 bits per heavy atom. The normalized spacial score (nSPS) is 10.4. The van der Waals surface area contributed by atoms with Gasteiger partial charge in [0.1, 0.15) is 5.82 Å². The molecule has 5 heteroatoms. The van der Waals surface area contributed by atoms with Gasteiger partial charge in [0, 0.05) is 22.9 Å². The molecule has 0 fully saturated rings. The van der Waals surface area contributed by atoms with Crippen LogP contribution in [0.3, 0.4) is 0 Å². The van der Waals surface area contributed by atoms with Crippen molar-refractivity contribution in [1.29, 1.82) is 0 Å². The fraction of sp³-hybridized carbons (Fsp3) is 0.417. The van der Waals surface area contributed by atoms with Gasteiger partial charge in [0.2, 0.25) is 0 Å². The van der Waals surface area contributed by atoms with Gasteiger partial charge in [0.25, 0.3) is 5.91 Å². The van der Waals surface area contributed by atoms with E-state index in [0.717, 1.165) is 11.8 Å². The van der Waals surface area contributed by atoms with Crippen LogP contribution in [0.2, 0.25) is 0 Å². The summed E-state index contributed by atoms with van der Waals surface area (Å²) in [6, 6.07) is 4.55. The zero-order chi connectivity index (χ0) is 12.8. The summed E-state index contributed by atoms with van der Waals surface area (Å²) in [5.41, 5.74) is 0.115. The van der Waals surface area contributed by atoms with Crippen molar-refractivity contribution in [2.45, 2.75) is 13.3 Å². The molecule has 0 saturated heterocycles. The fourth-order valence-corrected chi connectivity index (χ4v) is 2.28. The van der Waals surface area contributed by atoms with Crippen LogP contribution in [0.4, 0.5) is 4.39 Å². The third kappa shape index (κ3) is 3.78. The lowest BCUT2D eigenvalue weighted by Gasteiger charge is -2.21. The molecule has 0 radical (unpaired) electrons. The average molecular weight is 367 g/mol. The largest absolute Gasteiger partial charge is 0.339 e. The number of amides is 1. The lowest BCUT2D eigenvalue weighted by atomic mass is 10.2. The van der Waals surface area contributed by atoms with Crippen molar-refractivity contribution in [2.24, 2.45) is 0 Å². The van der Waals surface area contributed by atoms with Gasteiger partial charge in [0.05, 0.1) is 5.56 Å². The first-order chi connectivity index (χ1) is 8.11. The molecule has 0 unspecified atom stereocenters. The molecule has 0 aliphatic rings. The van der Waals surface area contributed by atoms with E-state index in [1.807, 2.05) is 6.92 Å². The van der Waals surface area contributed by atoms with Gasteiger partial charge in [-0.25, -0.2) is 4.39 Å². The Labute approximate surface area is 117 Å². The van der Waals surface area contributed by atoms with Crippen LogP contribution in [-0.4, -0.2) is 29.2 Å². The van der Waals surface area contributed by atoms with Gasteiger partial charge in [0.15, 0.2) is 0 Å². The SMILES string of the molecule is CCN(CCCBr)C(=O)c1c(F)cccc1Br. The molecule has 0 atom stereocenters. The van der Waals surface area contributed by atoms with Crippen LogP contribution < -0.4 is 0 Å². The molecule has 17 heavy (non-hydrogen) atoms. The first kappa shape index (κ1) is 14.6. The predicted octanol–water partition coefficient (Wildman–Crippen LogP) is 3.84. The van der Waals surface area contributed by atoms with E-state index >= 15 is 0 Å². The summed E-state index contributed by atoms with van der Waals surface area (Å²) in [5, 5.41) is 0.829. The van der Waals surface area contributed by atoms with E-state index in [9.17, 15) is 9.18 Å². The highest BCUT2D eigenvalue weighted by Crippen LogP contribution is 2.21. The van der Waals surface area contributed by atoms with Crippen LogP contribution in [0.5, 0.6) is 0 Å². The number of carbonyl (C=O) groups is 1. The standard InChI is InChI=1S/C12H14Br2FNO/c1-2-16(8-4-7-13)12(17)11-9(14)5-3-6-10(11)15/h3,5-6H,2,4,7-8H2,1H3. The summed E-state index contributed by atoms with van der Waals surface area (Å²) in [6.07, 6.45) is 0.853. The molecular formula is C12H14Br2FNO. The number of nitrogens with zero attached hydrogens (tertiary/aromatic N) is 1. The molecular weight excluding hydrogens is 353 g/mol. The maximum absolute atomic E-state index is 13.6. The topological polar surface area (TPSA) is 20.3 Å². The van der Waals surface area contributed by atoms with Crippen molar-refractivity contribution < 1.29 is 9.18 Å². The van der Waals surface area contributed by atoms with Gasteiger partial charge in [-0.1, -0.05) is 22.0 Å². The summed E-state index contributed by atoms with van der Waals surface area (Å²) >= 11 is 6.54. The average Bonchev–Trinajstić information content (AvgIpc) is 2.30. The Hall–Kier alpha value is -0.420. The van der Waals surface area contributed by atoms with Crippen LogP contribution in [-0.2, 0) is 0 Å². The highest BCUT2D eigenvalue weighted by Gasteiger charge is 2.20. The van der Waals surface area contributed by atoms with E-state index in [4.69, 9.17) is 0 Å². The van der Waals surface area contributed by atoms with Crippen LogP contribution in [0.15, 0.2) is 22.7 Å². The molecule has 0 saturated carbocycles. The number of hydrogen-bond acceptors (Lipinski definition) is 1. The molecule has 1 aromatic rings. The van der Waals surface area contributed by atoms with Gasteiger partial charge >= 0.3 is 0 Å². The first-order valence-corrected chi connectivity index (χ1v) is 7.32. The highest BCUT2D eigenvalue weighted by molar-refractivity contribution is 9.10. The van der Waals surface area contributed by atoms with Gasteiger partial charge in [-0.15, -0.1) is 0 Å². The molecule has 0 spiro atoms. The molecule has 1 aromatic carbocycles. The van der Waals surface area contributed by atoms with E-state index in [1.54, 1.807) is 17.0 Å². The minimum Gasteiger partial charge on any atom is -0.339 e. The van der Waals surface area contributed by atoms with E-state index in [-0.39, 0.29) is 11.5 Å². The number of hydrogen-bond donors (Lipinski definition) is 0. The zero-order valence-corrected chi connectivity index (χ0v) is 12.7. The minimum atomic E-state index is -0.485. The molecule has 0 N–H and O–H groups in total. The quantitative estimate of drug-likeness (QED) is 0.725. The second kappa shape index (κ2) is 7.11. The fourth-order valence-electron chi connectivity index (χ4n) is 1.51. The Morgan fingerprint density at radius 2 is 2.18 bits per heavy atom. The number of alkyl halides is 1. The molecule has 2 nitrogen and oxygen atoms in total. The zero-order valence-electron chi connectivity index (χ0n) is 9.55. The van der Waals surface area contributed by atoms with Crippen molar-refractivity contribution >= 4 is 37.8 Å². The molecule has 94 valence electrons.